The normalized spacial score (nSPS) is 11.1. The van der Waals surface area contributed by atoms with Crippen molar-refractivity contribution in [3.05, 3.63) is 60.7 Å². The average molecular weight is 277 g/mol. The SMILES string of the molecule is CC=CC(=O)Nc1ccccc1-c1nc2ccccc2[nH]1. The summed E-state index contributed by atoms with van der Waals surface area (Å²) in [4.78, 5) is 19.6. The molecule has 2 aromatic carbocycles. The van der Waals surface area contributed by atoms with Crippen LogP contribution in [0.4, 0.5) is 5.69 Å². The number of rotatable bonds is 3. The second-order valence-corrected chi connectivity index (χ2v) is 4.64. The summed E-state index contributed by atoms with van der Waals surface area (Å²) in [6.45, 7) is 1.81. The number of H-pyrrole nitrogens is 1. The summed E-state index contributed by atoms with van der Waals surface area (Å²) in [7, 11) is 0. The molecule has 0 atom stereocenters. The van der Waals surface area contributed by atoms with E-state index in [0.29, 0.717) is 0 Å². The quantitative estimate of drug-likeness (QED) is 0.716. The Kier molecular flexibility index (Phi) is 3.51. The fraction of sp³-hybridized carbons (Fsp3) is 0.0588. The molecule has 0 radical (unpaired) electrons. The third-order valence-corrected chi connectivity index (χ3v) is 3.15. The van der Waals surface area contributed by atoms with Gasteiger partial charge in [0, 0.05) is 5.56 Å². The maximum atomic E-state index is 11.7. The van der Waals surface area contributed by atoms with Gasteiger partial charge in [0.2, 0.25) is 5.91 Å². The first-order valence-corrected chi connectivity index (χ1v) is 6.76. The first kappa shape index (κ1) is 13.1. The molecule has 4 nitrogen and oxygen atoms in total. The number of nitrogens with zero attached hydrogens (tertiary/aromatic N) is 1. The van der Waals surface area contributed by atoms with E-state index in [1.54, 1.807) is 6.08 Å². The number of hydrogen-bond donors (Lipinski definition) is 2. The van der Waals surface area contributed by atoms with E-state index < -0.39 is 0 Å². The van der Waals surface area contributed by atoms with Gasteiger partial charge in [-0.15, -0.1) is 0 Å². The van der Waals surface area contributed by atoms with Crippen molar-refractivity contribution in [2.75, 3.05) is 5.32 Å². The zero-order chi connectivity index (χ0) is 14.7. The van der Waals surface area contributed by atoms with Crippen molar-refractivity contribution >= 4 is 22.6 Å². The topological polar surface area (TPSA) is 57.8 Å². The Morgan fingerprint density at radius 3 is 2.71 bits per heavy atom. The van der Waals surface area contributed by atoms with Gasteiger partial charge in [0.15, 0.2) is 0 Å². The second-order valence-electron chi connectivity index (χ2n) is 4.64. The van der Waals surface area contributed by atoms with E-state index >= 15 is 0 Å². The fourth-order valence-electron chi connectivity index (χ4n) is 2.20. The molecule has 4 heteroatoms. The standard InChI is InChI=1S/C17H15N3O/c1-2-7-16(21)18-13-9-4-3-8-12(13)17-19-14-10-5-6-11-15(14)20-17/h2-11H,1H3,(H,18,21)(H,19,20). The third-order valence-electron chi connectivity index (χ3n) is 3.15. The second kappa shape index (κ2) is 5.63. The Balaban J connectivity index is 2.03. The molecule has 0 bridgehead atoms. The highest BCUT2D eigenvalue weighted by Gasteiger charge is 2.10. The molecule has 21 heavy (non-hydrogen) atoms. The van der Waals surface area contributed by atoms with Gasteiger partial charge in [-0.1, -0.05) is 30.3 Å². The summed E-state index contributed by atoms with van der Waals surface area (Å²) in [6, 6.07) is 15.5. The number of aromatic nitrogens is 2. The van der Waals surface area contributed by atoms with Crippen LogP contribution in [0.1, 0.15) is 6.92 Å². The number of fused-ring (bicyclic) bond motifs is 1. The van der Waals surface area contributed by atoms with Crippen LogP contribution in [0.5, 0.6) is 0 Å². The highest BCUT2D eigenvalue weighted by Crippen LogP contribution is 2.27. The van der Waals surface area contributed by atoms with Gasteiger partial charge in [-0.3, -0.25) is 4.79 Å². The maximum Gasteiger partial charge on any atom is 0.248 e. The molecule has 0 unspecified atom stereocenters. The number of carbonyl (C=O) groups excluding carboxylic acids is 1. The van der Waals surface area contributed by atoms with Gasteiger partial charge in [-0.2, -0.15) is 0 Å². The molecule has 0 aliphatic heterocycles. The lowest BCUT2D eigenvalue weighted by molar-refractivity contribution is -0.111. The van der Waals surface area contributed by atoms with Gasteiger partial charge in [-0.25, -0.2) is 4.98 Å². The highest BCUT2D eigenvalue weighted by atomic mass is 16.1. The van der Waals surface area contributed by atoms with Crippen LogP contribution in [0.25, 0.3) is 22.4 Å². The lowest BCUT2D eigenvalue weighted by Crippen LogP contribution is -2.08. The molecule has 2 N–H and O–H groups in total. The number of anilines is 1. The number of allylic oxidation sites excluding steroid dienone is 1. The summed E-state index contributed by atoms with van der Waals surface area (Å²) < 4.78 is 0. The van der Waals surface area contributed by atoms with Crippen LogP contribution in [0.15, 0.2) is 60.7 Å². The van der Waals surface area contributed by atoms with Crippen LogP contribution >= 0.6 is 0 Å². The van der Waals surface area contributed by atoms with Crippen molar-refractivity contribution in [3.63, 3.8) is 0 Å². The summed E-state index contributed by atoms with van der Waals surface area (Å²) in [5.74, 6) is 0.591. The summed E-state index contributed by atoms with van der Waals surface area (Å²) in [6.07, 6.45) is 3.20. The van der Waals surface area contributed by atoms with Crippen molar-refractivity contribution in [1.82, 2.24) is 9.97 Å². The number of aromatic amines is 1. The molecule has 0 aliphatic carbocycles. The van der Waals surface area contributed by atoms with Crippen molar-refractivity contribution in [2.24, 2.45) is 0 Å². The number of para-hydroxylation sites is 3. The van der Waals surface area contributed by atoms with Gasteiger partial charge in [0.25, 0.3) is 0 Å². The molecule has 1 heterocycles. The summed E-state index contributed by atoms with van der Waals surface area (Å²) >= 11 is 0. The number of hydrogen-bond acceptors (Lipinski definition) is 2. The van der Waals surface area contributed by atoms with Gasteiger partial charge in [0.1, 0.15) is 5.82 Å². The van der Waals surface area contributed by atoms with Crippen molar-refractivity contribution in [1.29, 1.82) is 0 Å². The molecule has 1 aromatic heterocycles. The lowest BCUT2D eigenvalue weighted by Gasteiger charge is -2.07. The van der Waals surface area contributed by atoms with E-state index in [1.165, 1.54) is 6.08 Å². The van der Waals surface area contributed by atoms with E-state index in [-0.39, 0.29) is 5.91 Å². The molecule has 0 saturated heterocycles. The van der Waals surface area contributed by atoms with E-state index in [1.807, 2.05) is 55.5 Å². The Hall–Kier alpha value is -2.88. The van der Waals surface area contributed by atoms with Crippen LogP contribution in [0.3, 0.4) is 0 Å². The van der Waals surface area contributed by atoms with E-state index in [4.69, 9.17) is 0 Å². The first-order valence-electron chi connectivity index (χ1n) is 6.76. The van der Waals surface area contributed by atoms with Gasteiger partial charge in [-0.05, 0) is 37.3 Å². The Morgan fingerprint density at radius 2 is 1.90 bits per heavy atom. The number of benzene rings is 2. The maximum absolute atomic E-state index is 11.7. The van der Waals surface area contributed by atoms with Crippen molar-refractivity contribution in [3.8, 4) is 11.4 Å². The zero-order valence-electron chi connectivity index (χ0n) is 11.6. The largest absolute Gasteiger partial charge is 0.338 e. The number of carbonyl (C=O) groups is 1. The zero-order valence-corrected chi connectivity index (χ0v) is 11.6. The molecule has 0 aliphatic rings. The van der Waals surface area contributed by atoms with E-state index in [0.717, 1.165) is 28.1 Å². The van der Waals surface area contributed by atoms with Gasteiger partial charge in [0.05, 0.1) is 16.7 Å². The predicted octanol–water partition coefficient (Wildman–Crippen LogP) is 3.74. The van der Waals surface area contributed by atoms with Gasteiger partial charge < -0.3 is 10.3 Å². The fourth-order valence-corrected chi connectivity index (χ4v) is 2.20. The minimum atomic E-state index is -0.152. The van der Waals surface area contributed by atoms with Crippen LogP contribution < -0.4 is 5.32 Å². The predicted molar refractivity (Wildman–Crippen MR) is 85.0 cm³/mol. The third kappa shape index (κ3) is 2.69. The smallest absolute Gasteiger partial charge is 0.248 e. The molecule has 3 aromatic rings. The molecule has 1 amide bonds. The summed E-state index contributed by atoms with van der Waals surface area (Å²) in [5.41, 5.74) is 3.48. The van der Waals surface area contributed by atoms with E-state index in [9.17, 15) is 4.79 Å². The number of amides is 1. The minimum Gasteiger partial charge on any atom is -0.338 e. The molecule has 0 spiro atoms. The lowest BCUT2D eigenvalue weighted by atomic mass is 10.1. The Morgan fingerprint density at radius 1 is 1.14 bits per heavy atom. The van der Waals surface area contributed by atoms with E-state index in [2.05, 4.69) is 15.3 Å². The first-order chi connectivity index (χ1) is 10.3. The van der Waals surface area contributed by atoms with Crippen LogP contribution in [0, 0.1) is 0 Å². The Bertz CT molecular complexity index is 785. The molecular weight excluding hydrogens is 262 g/mol. The Labute approximate surface area is 122 Å². The van der Waals surface area contributed by atoms with Crippen molar-refractivity contribution in [2.45, 2.75) is 6.92 Å². The minimum absolute atomic E-state index is 0.152. The molecule has 104 valence electrons. The molecule has 0 saturated carbocycles. The van der Waals surface area contributed by atoms with Crippen LogP contribution in [0.2, 0.25) is 0 Å². The highest BCUT2D eigenvalue weighted by molar-refractivity contribution is 6.01. The number of nitrogens with one attached hydrogen (secondary N) is 2. The molecular formula is C17H15N3O. The monoisotopic (exact) mass is 277 g/mol. The molecule has 0 fully saturated rings. The van der Waals surface area contributed by atoms with Gasteiger partial charge >= 0.3 is 0 Å². The van der Waals surface area contributed by atoms with Crippen LogP contribution in [-0.4, -0.2) is 15.9 Å². The summed E-state index contributed by atoms with van der Waals surface area (Å²) in [5, 5.41) is 2.87. The molecule has 3 rings (SSSR count). The average Bonchev–Trinajstić information content (AvgIpc) is 2.91. The number of imidazole rings is 1. The van der Waals surface area contributed by atoms with Crippen LogP contribution in [-0.2, 0) is 4.79 Å². The van der Waals surface area contributed by atoms with Crippen molar-refractivity contribution < 1.29 is 4.79 Å².